The first-order valence-electron chi connectivity index (χ1n) is 5.54. The van der Waals surface area contributed by atoms with Crippen molar-refractivity contribution in [3.8, 4) is 0 Å². The number of aryl methyl sites for hydroxylation is 1. The van der Waals surface area contributed by atoms with Crippen LogP contribution in [0.2, 0.25) is 0 Å². The van der Waals surface area contributed by atoms with Crippen LogP contribution < -0.4 is 5.32 Å². The molecular weight excluding hydrogens is 206 g/mol. The van der Waals surface area contributed by atoms with Crippen molar-refractivity contribution in [2.75, 3.05) is 6.54 Å². The quantitative estimate of drug-likeness (QED) is 0.844. The van der Waals surface area contributed by atoms with E-state index in [9.17, 15) is 9.59 Å². The Bertz CT molecular complexity index is 408. The van der Waals surface area contributed by atoms with Crippen molar-refractivity contribution < 1.29 is 14.0 Å². The van der Waals surface area contributed by atoms with Crippen molar-refractivity contribution >= 4 is 11.7 Å². The normalized spacial score (nSPS) is 20.1. The second-order valence-corrected chi connectivity index (χ2v) is 4.18. The molecule has 1 heterocycles. The van der Waals surface area contributed by atoms with Crippen LogP contribution in [0.25, 0.3) is 0 Å². The smallest absolute Gasteiger partial charge is 0.287 e. The average Bonchev–Trinajstić information content (AvgIpc) is 2.84. The van der Waals surface area contributed by atoms with E-state index in [2.05, 4.69) is 5.32 Å². The lowest BCUT2D eigenvalue weighted by atomic mass is 10.1. The maximum Gasteiger partial charge on any atom is 0.287 e. The van der Waals surface area contributed by atoms with Gasteiger partial charge in [0, 0.05) is 18.9 Å². The predicted octanol–water partition coefficient (Wildman–Crippen LogP) is 1.69. The summed E-state index contributed by atoms with van der Waals surface area (Å²) in [4.78, 5) is 23.0. The van der Waals surface area contributed by atoms with E-state index < -0.39 is 0 Å². The molecule has 0 spiro atoms. The molecule has 0 aliphatic heterocycles. The molecule has 1 aromatic rings. The molecule has 16 heavy (non-hydrogen) atoms. The van der Waals surface area contributed by atoms with Crippen LogP contribution in [-0.2, 0) is 4.79 Å². The summed E-state index contributed by atoms with van der Waals surface area (Å²) in [6, 6.07) is 3.39. The van der Waals surface area contributed by atoms with Gasteiger partial charge in [-0.05, 0) is 31.9 Å². The Kier molecular flexibility index (Phi) is 3.08. The zero-order chi connectivity index (χ0) is 11.5. The van der Waals surface area contributed by atoms with Gasteiger partial charge >= 0.3 is 0 Å². The molecule has 0 saturated heterocycles. The largest absolute Gasteiger partial charge is 0.456 e. The highest BCUT2D eigenvalue weighted by Crippen LogP contribution is 2.20. The molecule has 1 amide bonds. The van der Waals surface area contributed by atoms with Gasteiger partial charge in [0.25, 0.3) is 5.91 Å². The molecule has 0 unspecified atom stereocenters. The highest BCUT2D eigenvalue weighted by atomic mass is 16.3. The lowest BCUT2D eigenvalue weighted by Crippen LogP contribution is -2.30. The van der Waals surface area contributed by atoms with E-state index in [4.69, 9.17) is 4.42 Å². The molecule has 0 radical (unpaired) electrons. The van der Waals surface area contributed by atoms with Crippen LogP contribution in [0.3, 0.4) is 0 Å². The fourth-order valence-electron chi connectivity index (χ4n) is 1.96. The Morgan fingerprint density at radius 2 is 2.38 bits per heavy atom. The number of Topliss-reactive ketones (excluding diaryl/α,β-unsaturated/α-hetero) is 1. The predicted molar refractivity (Wildman–Crippen MR) is 58.1 cm³/mol. The number of carbonyl (C=O) groups is 2. The van der Waals surface area contributed by atoms with Gasteiger partial charge in [-0.25, -0.2) is 0 Å². The van der Waals surface area contributed by atoms with Gasteiger partial charge in [-0.15, -0.1) is 0 Å². The lowest BCUT2D eigenvalue weighted by molar-refractivity contribution is -0.120. The maximum absolute atomic E-state index is 11.6. The Morgan fingerprint density at radius 1 is 1.56 bits per heavy atom. The van der Waals surface area contributed by atoms with Crippen molar-refractivity contribution in [3.63, 3.8) is 0 Å². The van der Waals surface area contributed by atoms with Crippen LogP contribution in [0, 0.1) is 12.8 Å². The van der Waals surface area contributed by atoms with Gasteiger partial charge in [0.05, 0.1) is 0 Å². The first-order valence-corrected chi connectivity index (χ1v) is 5.54. The molecule has 1 aromatic heterocycles. The monoisotopic (exact) mass is 221 g/mol. The fourth-order valence-corrected chi connectivity index (χ4v) is 1.96. The van der Waals surface area contributed by atoms with Crippen molar-refractivity contribution in [1.82, 2.24) is 5.32 Å². The summed E-state index contributed by atoms with van der Waals surface area (Å²) in [5.41, 5.74) is 0. The number of rotatable bonds is 3. The van der Waals surface area contributed by atoms with Crippen LogP contribution >= 0.6 is 0 Å². The third-order valence-electron chi connectivity index (χ3n) is 2.90. The van der Waals surface area contributed by atoms with Gasteiger partial charge in [-0.3, -0.25) is 9.59 Å². The van der Waals surface area contributed by atoms with Crippen LogP contribution in [0.5, 0.6) is 0 Å². The van der Waals surface area contributed by atoms with Crippen LogP contribution in [-0.4, -0.2) is 18.2 Å². The molecule has 4 heteroatoms. The van der Waals surface area contributed by atoms with E-state index in [0.29, 0.717) is 24.5 Å². The van der Waals surface area contributed by atoms with E-state index in [1.807, 2.05) is 0 Å². The number of ketones is 1. The molecule has 1 saturated carbocycles. The van der Waals surface area contributed by atoms with E-state index in [1.165, 1.54) is 0 Å². The van der Waals surface area contributed by atoms with Crippen LogP contribution in [0.4, 0.5) is 0 Å². The Balaban J connectivity index is 1.86. The zero-order valence-electron chi connectivity index (χ0n) is 9.29. The molecule has 0 bridgehead atoms. The van der Waals surface area contributed by atoms with Gasteiger partial charge < -0.3 is 9.73 Å². The average molecular weight is 221 g/mol. The number of hydrogen-bond donors (Lipinski definition) is 1. The summed E-state index contributed by atoms with van der Waals surface area (Å²) in [5, 5.41) is 2.73. The molecule has 0 aromatic carbocycles. The van der Waals surface area contributed by atoms with Crippen molar-refractivity contribution in [1.29, 1.82) is 0 Å². The summed E-state index contributed by atoms with van der Waals surface area (Å²) in [6.07, 6.45) is 2.48. The highest BCUT2D eigenvalue weighted by molar-refractivity contribution is 5.92. The van der Waals surface area contributed by atoms with Crippen molar-refractivity contribution in [2.24, 2.45) is 5.92 Å². The molecule has 4 nitrogen and oxygen atoms in total. The summed E-state index contributed by atoms with van der Waals surface area (Å²) in [7, 11) is 0. The number of carbonyl (C=O) groups excluding carboxylic acids is 2. The zero-order valence-corrected chi connectivity index (χ0v) is 9.29. The minimum atomic E-state index is -0.243. The number of amides is 1. The minimum Gasteiger partial charge on any atom is -0.456 e. The van der Waals surface area contributed by atoms with Crippen LogP contribution in [0.15, 0.2) is 16.5 Å². The third-order valence-corrected chi connectivity index (χ3v) is 2.90. The van der Waals surface area contributed by atoms with Crippen LogP contribution in [0.1, 0.15) is 35.6 Å². The van der Waals surface area contributed by atoms with Crippen molar-refractivity contribution in [3.05, 3.63) is 23.7 Å². The molecule has 1 aliphatic carbocycles. The second-order valence-electron chi connectivity index (χ2n) is 4.18. The molecule has 1 aliphatic rings. The Morgan fingerprint density at radius 3 is 2.94 bits per heavy atom. The van der Waals surface area contributed by atoms with Gasteiger partial charge in [0.2, 0.25) is 0 Å². The van der Waals surface area contributed by atoms with E-state index >= 15 is 0 Å². The molecular formula is C12H15NO3. The van der Waals surface area contributed by atoms with E-state index in [1.54, 1.807) is 19.1 Å². The number of hydrogen-bond acceptors (Lipinski definition) is 3. The second kappa shape index (κ2) is 4.51. The summed E-state index contributed by atoms with van der Waals surface area (Å²) in [6.45, 7) is 2.22. The summed E-state index contributed by atoms with van der Waals surface area (Å²) < 4.78 is 5.19. The Labute approximate surface area is 94.0 Å². The first-order chi connectivity index (χ1) is 7.66. The molecule has 1 atom stereocenters. The van der Waals surface area contributed by atoms with E-state index in [0.717, 1.165) is 12.8 Å². The highest BCUT2D eigenvalue weighted by Gasteiger charge is 2.24. The van der Waals surface area contributed by atoms with Gasteiger partial charge in [-0.2, -0.15) is 0 Å². The number of nitrogens with one attached hydrogen (secondary N) is 1. The first kappa shape index (κ1) is 10.9. The lowest BCUT2D eigenvalue weighted by Gasteiger charge is -2.08. The SMILES string of the molecule is Cc1ccc(C(=O)NC[C@@H]2CCCC2=O)o1. The van der Waals surface area contributed by atoms with Gasteiger partial charge in [0.1, 0.15) is 11.5 Å². The third kappa shape index (κ3) is 2.32. The molecule has 1 fully saturated rings. The van der Waals surface area contributed by atoms with Gasteiger partial charge in [0.15, 0.2) is 5.76 Å². The maximum atomic E-state index is 11.6. The molecule has 1 N–H and O–H groups in total. The minimum absolute atomic E-state index is 0.00000850. The van der Waals surface area contributed by atoms with Gasteiger partial charge in [-0.1, -0.05) is 0 Å². The summed E-state index contributed by atoms with van der Waals surface area (Å²) in [5.74, 6) is 1.04. The standard InChI is InChI=1S/C12H15NO3/c1-8-5-6-11(16-8)12(15)13-7-9-3-2-4-10(9)14/h5-6,9H,2-4,7H2,1H3,(H,13,15)/t9-/m0/s1. The molecule has 2 rings (SSSR count). The number of furan rings is 1. The Hall–Kier alpha value is -1.58. The summed E-state index contributed by atoms with van der Waals surface area (Å²) >= 11 is 0. The fraction of sp³-hybridized carbons (Fsp3) is 0.500. The topological polar surface area (TPSA) is 59.3 Å². The van der Waals surface area contributed by atoms with Crippen molar-refractivity contribution in [2.45, 2.75) is 26.2 Å². The van der Waals surface area contributed by atoms with E-state index in [-0.39, 0.29) is 17.6 Å². The molecule has 86 valence electrons.